The Morgan fingerprint density at radius 3 is 2.76 bits per heavy atom. The van der Waals surface area contributed by atoms with Gasteiger partial charge in [-0.15, -0.1) is 0 Å². The van der Waals surface area contributed by atoms with Crippen molar-refractivity contribution in [3.05, 3.63) is 59.8 Å². The monoisotopic (exact) mass is 282 g/mol. The van der Waals surface area contributed by atoms with Crippen LogP contribution >= 0.6 is 0 Å². The Morgan fingerprint density at radius 2 is 2.00 bits per heavy atom. The van der Waals surface area contributed by atoms with Gasteiger partial charge in [-0.3, -0.25) is 0 Å². The summed E-state index contributed by atoms with van der Waals surface area (Å²) in [6, 6.07) is 14.8. The van der Waals surface area contributed by atoms with Gasteiger partial charge in [0.25, 0.3) is 0 Å². The largest absolute Gasteiger partial charge is 0.392 e. The Bertz CT molecular complexity index is 585. The van der Waals surface area contributed by atoms with E-state index in [1.807, 2.05) is 18.3 Å². The molecule has 1 aliphatic rings. The number of anilines is 1. The van der Waals surface area contributed by atoms with Crippen LogP contribution in [0.3, 0.4) is 0 Å². The fourth-order valence-corrected chi connectivity index (χ4v) is 3.20. The maximum atomic E-state index is 9.59. The average Bonchev–Trinajstić information content (AvgIpc) is 2.55. The van der Waals surface area contributed by atoms with Crippen LogP contribution in [0.25, 0.3) is 0 Å². The third-order valence-electron chi connectivity index (χ3n) is 4.36. The van der Waals surface area contributed by atoms with Crippen molar-refractivity contribution in [1.82, 2.24) is 4.98 Å². The standard InChI is InChI=1S/C18H22N2O/c1-14-9-11-20(18-16(13-21)8-5-10-19-18)17(12-14)15-6-3-2-4-7-15/h2-8,10,14,17,21H,9,11-13H2,1H3. The molecular formula is C18H22N2O. The lowest BCUT2D eigenvalue weighted by Crippen LogP contribution is -2.37. The molecule has 110 valence electrons. The van der Waals surface area contributed by atoms with Crippen molar-refractivity contribution in [2.75, 3.05) is 11.4 Å². The predicted octanol–water partition coefficient (Wildman–Crippen LogP) is 3.55. The number of aliphatic hydroxyl groups excluding tert-OH is 1. The second kappa shape index (κ2) is 6.27. The van der Waals surface area contributed by atoms with E-state index in [0.717, 1.165) is 24.3 Å². The number of hydrogen-bond acceptors (Lipinski definition) is 3. The van der Waals surface area contributed by atoms with E-state index in [-0.39, 0.29) is 6.61 Å². The lowest BCUT2D eigenvalue weighted by Gasteiger charge is -2.40. The normalized spacial score (nSPS) is 22.3. The van der Waals surface area contributed by atoms with E-state index in [0.29, 0.717) is 12.0 Å². The summed E-state index contributed by atoms with van der Waals surface area (Å²) >= 11 is 0. The lowest BCUT2D eigenvalue weighted by molar-refractivity contribution is 0.280. The second-order valence-electron chi connectivity index (χ2n) is 5.89. The molecule has 0 bridgehead atoms. The molecule has 1 aromatic carbocycles. The maximum Gasteiger partial charge on any atom is 0.134 e. The van der Waals surface area contributed by atoms with Crippen LogP contribution in [-0.2, 0) is 6.61 Å². The summed E-state index contributed by atoms with van der Waals surface area (Å²) in [5.41, 5.74) is 2.24. The van der Waals surface area contributed by atoms with Gasteiger partial charge in [-0.1, -0.05) is 43.3 Å². The van der Waals surface area contributed by atoms with Crippen molar-refractivity contribution in [2.45, 2.75) is 32.4 Å². The first kappa shape index (κ1) is 14.1. The van der Waals surface area contributed by atoms with Crippen molar-refractivity contribution in [3.8, 4) is 0 Å². The zero-order valence-electron chi connectivity index (χ0n) is 12.4. The minimum Gasteiger partial charge on any atom is -0.392 e. The smallest absolute Gasteiger partial charge is 0.134 e. The van der Waals surface area contributed by atoms with Crippen molar-refractivity contribution in [3.63, 3.8) is 0 Å². The fraction of sp³-hybridized carbons (Fsp3) is 0.389. The molecule has 1 aliphatic heterocycles. The zero-order valence-corrected chi connectivity index (χ0v) is 12.4. The number of hydrogen-bond donors (Lipinski definition) is 1. The molecule has 0 spiro atoms. The van der Waals surface area contributed by atoms with Gasteiger partial charge < -0.3 is 10.0 Å². The van der Waals surface area contributed by atoms with Crippen LogP contribution in [0.15, 0.2) is 48.7 Å². The lowest BCUT2D eigenvalue weighted by atomic mass is 9.88. The highest BCUT2D eigenvalue weighted by Gasteiger charge is 2.29. The van der Waals surface area contributed by atoms with Gasteiger partial charge in [0.1, 0.15) is 5.82 Å². The number of nitrogens with zero attached hydrogens (tertiary/aromatic N) is 2. The molecule has 0 amide bonds. The topological polar surface area (TPSA) is 36.4 Å². The SMILES string of the molecule is CC1CCN(c2ncccc2CO)C(c2ccccc2)C1. The van der Waals surface area contributed by atoms with Crippen LogP contribution in [0.4, 0.5) is 5.82 Å². The third-order valence-corrected chi connectivity index (χ3v) is 4.36. The zero-order chi connectivity index (χ0) is 14.7. The third kappa shape index (κ3) is 2.93. The quantitative estimate of drug-likeness (QED) is 0.935. The number of benzene rings is 1. The number of aliphatic hydroxyl groups is 1. The molecule has 3 heteroatoms. The van der Waals surface area contributed by atoms with Crippen LogP contribution in [0.2, 0.25) is 0 Å². The molecule has 3 rings (SSSR count). The van der Waals surface area contributed by atoms with Crippen LogP contribution < -0.4 is 4.90 Å². The highest BCUT2D eigenvalue weighted by molar-refractivity contribution is 5.49. The van der Waals surface area contributed by atoms with Gasteiger partial charge in [-0.05, 0) is 30.4 Å². The Hall–Kier alpha value is -1.87. The van der Waals surface area contributed by atoms with Crippen molar-refractivity contribution in [1.29, 1.82) is 0 Å². The van der Waals surface area contributed by atoms with E-state index < -0.39 is 0 Å². The molecule has 2 atom stereocenters. The molecule has 2 unspecified atom stereocenters. The number of aromatic nitrogens is 1. The fourth-order valence-electron chi connectivity index (χ4n) is 3.20. The summed E-state index contributed by atoms with van der Waals surface area (Å²) in [4.78, 5) is 6.90. The minimum absolute atomic E-state index is 0.0384. The van der Waals surface area contributed by atoms with E-state index >= 15 is 0 Å². The molecule has 0 aliphatic carbocycles. The van der Waals surface area contributed by atoms with Crippen LogP contribution in [0.5, 0.6) is 0 Å². The second-order valence-corrected chi connectivity index (χ2v) is 5.89. The van der Waals surface area contributed by atoms with Crippen molar-refractivity contribution >= 4 is 5.82 Å². The summed E-state index contributed by atoms with van der Waals surface area (Å²) in [6.45, 7) is 3.35. The number of pyridine rings is 1. The van der Waals surface area contributed by atoms with Gasteiger partial charge in [0.2, 0.25) is 0 Å². The molecule has 1 fully saturated rings. The van der Waals surface area contributed by atoms with E-state index in [4.69, 9.17) is 0 Å². The van der Waals surface area contributed by atoms with Gasteiger partial charge in [-0.2, -0.15) is 0 Å². The maximum absolute atomic E-state index is 9.59. The first-order chi connectivity index (χ1) is 10.3. The van der Waals surface area contributed by atoms with Crippen molar-refractivity contribution in [2.24, 2.45) is 5.92 Å². The van der Waals surface area contributed by atoms with Gasteiger partial charge in [0.15, 0.2) is 0 Å². The molecule has 0 saturated carbocycles. The van der Waals surface area contributed by atoms with E-state index in [9.17, 15) is 5.11 Å². The first-order valence-electron chi connectivity index (χ1n) is 7.66. The minimum atomic E-state index is 0.0384. The Kier molecular flexibility index (Phi) is 4.20. The average molecular weight is 282 g/mol. The van der Waals surface area contributed by atoms with Gasteiger partial charge in [-0.25, -0.2) is 4.98 Å². The highest BCUT2D eigenvalue weighted by atomic mass is 16.3. The summed E-state index contributed by atoms with van der Waals surface area (Å²) in [6.07, 6.45) is 4.12. The molecule has 3 nitrogen and oxygen atoms in total. The summed E-state index contributed by atoms with van der Waals surface area (Å²) < 4.78 is 0. The Morgan fingerprint density at radius 1 is 1.19 bits per heavy atom. The molecule has 1 saturated heterocycles. The molecule has 1 aromatic heterocycles. The van der Waals surface area contributed by atoms with Gasteiger partial charge in [0, 0.05) is 18.3 Å². The van der Waals surface area contributed by atoms with E-state index in [1.54, 1.807) is 0 Å². The molecule has 1 N–H and O–H groups in total. The number of rotatable bonds is 3. The molecule has 0 radical (unpaired) electrons. The Labute approximate surface area is 126 Å². The predicted molar refractivity (Wildman–Crippen MR) is 85.1 cm³/mol. The molecule has 2 aromatic rings. The first-order valence-corrected chi connectivity index (χ1v) is 7.66. The van der Waals surface area contributed by atoms with Crippen molar-refractivity contribution < 1.29 is 5.11 Å². The summed E-state index contributed by atoms with van der Waals surface area (Å²) in [7, 11) is 0. The highest BCUT2D eigenvalue weighted by Crippen LogP contribution is 2.37. The van der Waals surface area contributed by atoms with Crippen LogP contribution in [0.1, 0.15) is 36.9 Å². The summed E-state index contributed by atoms with van der Waals surface area (Å²) in [5, 5.41) is 9.59. The van der Waals surface area contributed by atoms with E-state index in [1.165, 1.54) is 12.0 Å². The van der Waals surface area contributed by atoms with Gasteiger partial charge in [0.05, 0.1) is 12.6 Å². The molecule has 2 heterocycles. The van der Waals surface area contributed by atoms with Gasteiger partial charge >= 0.3 is 0 Å². The van der Waals surface area contributed by atoms with E-state index in [2.05, 4.69) is 47.1 Å². The molecular weight excluding hydrogens is 260 g/mol. The van der Waals surface area contributed by atoms with Crippen LogP contribution in [-0.4, -0.2) is 16.6 Å². The summed E-state index contributed by atoms with van der Waals surface area (Å²) in [5.74, 6) is 1.65. The number of piperidine rings is 1. The Balaban J connectivity index is 1.98. The molecule has 21 heavy (non-hydrogen) atoms. The van der Waals surface area contributed by atoms with Crippen LogP contribution in [0, 0.1) is 5.92 Å².